The predicted molar refractivity (Wildman–Crippen MR) is 88.9 cm³/mol. The van der Waals surface area contributed by atoms with Crippen LogP contribution in [0.3, 0.4) is 0 Å². The van der Waals surface area contributed by atoms with Crippen LogP contribution in [0.25, 0.3) is 0 Å². The standard InChI is InChI=1S/C17H25N5O2/c1-5-11(2)15-9-16(24-20-15)17(23)21-8-6-7-14(10-21)22-13(4)18-12(3)19-22/h9,11,14H,5-8,10H2,1-4H3/t11-,14+/m0/s1. The molecule has 0 aromatic carbocycles. The summed E-state index contributed by atoms with van der Waals surface area (Å²) in [4.78, 5) is 18.9. The van der Waals surface area contributed by atoms with E-state index in [1.54, 1.807) is 6.07 Å². The van der Waals surface area contributed by atoms with Gasteiger partial charge in [0.05, 0.1) is 11.7 Å². The van der Waals surface area contributed by atoms with Crippen LogP contribution in [-0.2, 0) is 0 Å². The molecule has 7 heteroatoms. The normalized spacial score (nSPS) is 19.5. The monoisotopic (exact) mass is 331 g/mol. The summed E-state index contributed by atoms with van der Waals surface area (Å²) in [7, 11) is 0. The van der Waals surface area contributed by atoms with E-state index in [1.807, 2.05) is 23.4 Å². The van der Waals surface area contributed by atoms with Gasteiger partial charge in [-0.1, -0.05) is 19.0 Å². The molecule has 2 aromatic rings. The van der Waals surface area contributed by atoms with Gasteiger partial charge < -0.3 is 9.42 Å². The van der Waals surface area contributed by atoms with Crippen LogP contribution < -0.4 is 0 Å². The number of amides is 1. The molecule has 0 spiro atoms. The van der Waals surface area contributed by atoms with Crippen molar-refractivity contribution in [3.63, 3.8) is 0 Å². The first-order valence-corrected chi connectivity index (χ1v) is 8.65. The summed E-state index contributed by atoms with van der Waals surface area (Å²) < 4.78 is 7.24. The van der Waals surface area contributed by atoms with Crippen LogP contribution in [0.15, 0.2) is 10.6 Å². The van der Waals surface area contributed by atoms with Gasteiger partial charge in [0, 0.05) is 25.1 Å². The van der Waals surface area contributed by atoms with Crippen molar-refractivity contribution in [3.8, 4) is 0 Å². The molecule has 3 heterocycles. The zero-order valence-electron chi connectivity index (χ0n) is 14.8. The van der Waals surface area contributed by atoms with Crippen LogP contribution in [0.5, 0.6) is 0 Å². The molecular formula is C17H25N5O2. The maximum absolute atomic E-state index is 12.7. The van der Waals surface area contributed by atoms with Crippen molar-refractivity contribution in [1.29, 1.82) is 0 Å². The van der Waals surface area contributed by atoms with E-state index in [-0.39, 0.29) is 11.9 Å². The highest BCUT2D eigenvalue weighted by Crippen LogP contribution is 2.24. The van der Waals surface area contributed by atoms with Crippen molar-refractivity contribution in [3.05, 3.63) is 29.2 Å². The van der Waals surface area contributed by atoms with Gasteiger partial charge in [-0.2, -0.15) is 5.10 Å². The molecule has 0 saturated carbocycles. The Morgan fingerprint density at radius 1 is 1.46 bits per heavy atom. The fourth-order valence-corrected chi connectivity index (χ4v) is 3.21. The lowest BCUT2D eigenvalue weighted by atomic mass is 10.0. The lowest BCUT2D eigenvalue weighted by molar-refractivity contribution is 0.0629. The predicted octanol–water partition coefficient (Wildman–Crippen LogP) is 2.87. The molecule has 7 nitrogen and oxygen atoms in total. The maximum Gasteiger partial charge on any atom is 0.292 e. The quantitative estimate of drug-likeness (QED) is 0.861. The third-order valence-electron chi connectivity index (χ3n) is 4.79. The van der Waals surface area contributed by atoms with Gasteiger partial charge in [-0.25, -0.2) is 9.67 Å². The fourth-order valence-electron chi connectivity index (χ4n) is 3.21. The van der Waals surface area contributed by atoms with E-state index in [2.05, 4.69) is 29.1 Å². The smallest absolute Gasteiger partial charge is 0.292 e. The van der Waals surface area contributed by atoms with E-state index in [0.29, 0.717) is 18.2 Å². The molecule has 0 unspecified atom stereocenters. The molecule has 2 aromatic heterocycles. The molecule has 3 rings (SSSR count). The molecule has 130 valence electrons. The summed E-state index contributed by atoms with van der Waals surface area (Å²) in [6, 6.07) is 1.95. The van der Waals surface area contributed by atoms with Crippen LogP contribution in [-0.4, -0.2) is 43.8 Å². The number of carbonyl (C=O) groups excluding carboxylic acids is 1. The van der Waals surface area contributed by atoms with Gasteiger partial charge >= 0.3 is 0 Å². The first-order chi connectivity index (χ1) is 11.5. The molecule has 1 saturated heterocycles. The highest BCUT2D eigenvalue weighted by atomic mass is 16.5. The lowest BCUT2D eigenvalue weighted by Gasteiger charge is -2.32. The van der Waals surface area contributed by atoms with Crippen LogP contribution in [0.2, 0.25) is 0 Å². The van der Waals surface area contributed by atoms with Crippen molar-refractivity contribution >= 4 is 5.91 Å². The molecule has 0 bridgehead atoms. The second-order valence-electron chi connectivity index (χ2n) is 6.62. The number of hydrogen-bond acceptors (Lipinski definition) is 5. The Hall–Kier alpha value is -2.18. The summed E-state index contributed by atoms with van der Waals surface area (Å²) in [6.45, 7) is 9.39. The molecule has 24 heavy (non-hydrogen) atoms. The Labute approximate surface area is 142 Å². The molecule has 1 aliphatic heterocycles. The maximum atomic E-state index is 12.7. The van der Waals surface area contributed by atoms with Gasteiger partial charge in [0.25, 0.3) is 5.91 Å². The Balaban J connectivity index is 1.73. The highest BCUT2D eigenvalue weighted by Gasteiger charge is 2.29. The Kier molecular flexibility index (Phi) is 4.69. The van der Waals surface area contributed by atoms with Crippen LogP contribution >= 0.6 is 0 Å². The summed E-state index contributed by atoms with van der Waals surface area (Å²) in [5, 5.41) is 8.52. The molecular weight excluding hydrogens is 306 g/mol. The number of likely N-dealkylation sites (tertiary alicyclic amines) is 1. The zero-order chi connectivity index (χ0) is 17.3. The van der Waals surface area contributed by atoms with Crippen molar-refractivity contribution < 1.29 is 9.32 Å². The minimum atomic E-state index is -0.0868. The van der Waals surface area contributed by atoms with Gasteiger partial charge in [-0.05, 0) is 33.1 Å². The van der Waals surface area contributed by atoms with Gasteiger partial charge in [0.15, 0.2) is 0 Å². The molecule has 0 N–H and O–H groups in total. The zero-order valence-corrected chi connectivity index (χ0v) is 14.8. The first-order valence-electron chi connectivity index (χ1n) is 8.65. The molecule has 0 radical (unpaired) electrons. The van der Waals surface area contributed by atoms with Gasteiger partial charge in [0.2, 0.25) is 5.76 Å². The second kappa shape index (κ2) is 6.75. The number of nitrogens with zero attached hydrogens (tertiary/aromatic N) is 5. The Morgan fingerprint density at radius 3 is 2.92 bits per heavy atom. The van der Waals surface area contributed by atoms with Gasteiger partial charge in [0.1, 0.15) is 11.6 Å². The topological polar surface area (TPSA) is 77.0 Å². The largest absolute Gasteiger partial charge is 0.351 e. The van der Waals surface area contributed by atoms with Crippen molar-refractivity contribution in [1.82, 2.24) is 24.8 Å². The number of aryl methyl sites for hydroxylation is 2. The summed E-state index contributed by atoms with van der Waals surface area (Å²) in [6.07, 6.45) is 2.92. The van der Waals surface area contributed by atoms with E-state index in [4.69, 9.17) is 4.52 Å². The van der Waals surface area contributed by atoms with E-state index in [9.17, 15) is 4.79 Å². The van der Waals surface area contributed by atoms with Crippen molar-refractivity contribution in [2.45, 2.75) is 58.9 Å². The number of hydrogen-bond donors (Lipinski definition) is 0. The second-order valence-corrected chi connectivity index (χ2v) is 6.62. The highest BCUT2D eigenvalue weighted by molar-refractivity contribution is 5.91. The Morgan fingerprint density at radius 2 is 2.25 bits per heavy atom. The van der Waals surface area contributed by atoms with Crippen LogP contribution in [0.1, 0.15) is 73.0 Å². The molecule has 1 amide bonds. The van der Waals surface area contributed by atoms with Crippen molar-refractivity contribution in [2.75, 3.05) is 13.1 Å². The van der Waals surface area contributed by atoms with Gasteiger partial charge in [-0.3, -0.25) is 4.79 Å². The minimum Gasteiger partial charge on any atom is -0.351 e. The van der Waals surface area contributed by atoms with Crippen LogP contribution in [0, 0.1) is 13.8 Å². The third-order valence-corrected chi connectivity index (χ3v) is 4.79. The van der Waals surface area contributed by atoms with E-state index < -0.39 is 0 Å². The van der Waals surface area contributed by atoms with Crippen LogP contribution in [0.4, 0.5) is 0 Å². The van der Waals surface area contributed by atoms with E-state index >= 15 is 0 Å². The fraction of sp³-hybridized carbons (Fsp3) is 0.647. The molecule has 0 aliphatic carbocycles. The average Bonchev–Trinajstić information content (AvgIpc) is 3.20. The average molecular weight is 331 g/mol. The first kappa shape index (κ1) is 16.7. The van der Waals surface area contributed by atoms with E-state index in [0.717, 1.165) is 43.1 Å². The SMILES string of the molecule is CC[C@H](C)c1cc(C(=O)N2CCC[C@@H](n3nc(C)nc3C)C2)on1. The number of aromatic nitrogens is 4. The minimum absolute atomic E-state index is 0.0868. The van der Waals surface area contributed by atoms with Crippen molar-refractivity contribution in [2.24, 2.45) is 0 Å². The third kappa shape index (κ3) is 3.20. The number of piperidine rings is 1. The summed E-state index contributed by atoms with van der Waals surface area (Å²) >= 11 is 0. The molecule has 1 aliphatic rings. The molecule has 2 atom stereocenters. The summed E-state index contributed by atoms with van der Waals surface area (Å²) in [5.41, 5.74) is 0.845. The Bertz CT molecular complexity index is 720. The van der Waals surface area contributed by atoms with Gasteiger partial charge in [-0.15, -0.1) is 0 Å². The van der Waals surface area contributed by atoms with E-state index in [1.165, 1.54) is 0 Å². The molecule has 1 fully saturated rings. The number of rotatable bonds is 4. The summed E-state index contributed by atoms with van der Waals surface area (Å²) in [5.74, 6) is 2.20. The lowest BCUT2D eigenvalue weighted by Crippen LogP contribution is -2.41. The number of carbonyl (C=O) groups is 1.